The van der Waals surface area contributed by atoms with Crippen LogP contribution >= 0.6 is 11.6 Å². The smallest absolute Gasteiger partial charge is 0.247 e. The summed E-state index contributed by atoms with van der Waals surface area (Å²) >= 11 is 6.13. The zero-order valence-electron chi connectivity index (χ0n) is 10.3. The number of aromatic nitrogens is 1. The second-order valence-corrected chi connectivity index (χ2v) is 4.26. The summed E-state index contributed by atoms with van der Waals surface area (Å²) in [6, 6.07) is 12.6. The average Bonchev–Trinajstić information content (AvgIpc) is 2.48. The number of carbonyl (C=O) groups excluding carboxylic acids is 1. The number of hydrogen-bond acceptors (Lipinski definition) is 3. The number of carbonyl (C=O) groups is 1. The van der Waals surface area contributed by atoms with Gasteiger partial charge in [-0.25, -0.2) is 4.98 Å². The molecule has 1 atom stereocenters. The van der Waals surface area contributed by atoms with Gasteiger partial charge in [0.15, 0.2) is 0 Å². The van der Waals surface area contributed by atoms with Crippen LogP contribution in [-0.4, -0.2) is 18.0 Å². The highest BCUT2D eigenvalue weighted by Gasteiger charge is 2.18. The van der Waals surface area contributed by atoms with Gasteiger partial charge in [0.2, 0.25) is 11.8 Å². The number of anilines is 1. The highest BCUT2D eigenvalue weighted by atomic mass is 35.5. The Labute approximate surface area is 116 Å². The maximum absolute atomic E-state index is 12.1. The second-order valence-electron chi connectivity index (χ2n) is 3.82. The van der Waals surface area contributed by atoms with Crippen molar-refractivity contribution in [1.82, 2.24) is 4.98 Å². The van der Waals surface area contributed by atoms with Crippen LogP contribution in [0.4, 0.5) is 5.69 Å². The van der Waals surface area contributed by atoms with Gasteiger partial charge in [-0.05, 0) is 17.7 Å². The minimum absolute atomic E-state index is 0.320. The standard InChI is InChI=1S/C14H13ClN2O2/c1-19-14-11(8-5-9-16-14)17-13(18)12(15)10-6-3-2-4-7-10/h2-9,12H,1H3,(H,17,18). The second kappa shape index (κ2) is 6.20. The number of methoxy groups -OCH3 is 1. The lowest BCUT2D eigenvalue weighted by atomic mass is 10.1. The molecule has 2 rings (SSSR count). The Balaban J connectivity index is 2.13. The first-order valence-electron chi connectivity index (χ1n) is 5.71. The van der Waals surface area contributed by atoms with Crippen LogP contribution in [0.15, 0.2) is 48.7 Å². The van der Waals surface area contributed by atoms with E-state index in [1.54, 1.807) is 30.5 Å². The van der Waals surface area contributed by atoms with Gasteiger partial charge in [-0.15, -0.1) is 11.6 Å². The molecule has 1 N–H and O–H groups in total. The molecule has 1 unspecified atom stereocenters. The molecule has 0 saturated carbocycles. The Morgan fingerprint density at radius 2 is 2.00 bits per heavy atom. The van der Waals surface area contributed by atoms with Crippen molar-refractivity contribution >= 4 is 23.2 Å². The number of pyridine rings is 1. The largest absolute Gasteiger partial charge is 0.480 e. The molecule has 1 aromatic carbocycles. The van der Waals surface area contributed by atoms with E-state index in [-0.39, 0.29) is 5.91 Å². The third-order valence-electron chi connectivity index (χ3n) is 2.54. The van der Waals surface area contributed by atoms with Gasteiger partial charge in [0, 0.05) is 6.20 Å². The van der Waals surface area contributed by atoms with E-state index in [0.717, 1.165) is 5.56 Å². The van der Waals surface area contributed by atoms with E-state index in [9.17, 15) is 4.79 Å². The zero-order chi connectivity index (χ0) is 13.7. The first-order chi connectivity index (χ1) is 9.22. The fraction of sp³-hybridized carbons (Fsp3) is 0.143. The van der Waals surface area contributed by atoms with Gasteiger partial charge in [-0.1, -0.05) is 30.3 Å². The van der Waals surface area contributed by atoms with E-state index < -0.39 is 5.38 Å². The Hall–Kier alpha value is -2.07. The number of hydrogen-bond donors (Lipinski definition) is 1. The minimum atomic E-state index is -0.758. The normalized spacial score (nSPS) is 11.7. The predicted octanol–water partition coefficient (Wildman–Crippen LogP) is 3.01. The average molecular weight is 277 g/mol. The van der Waals surface area contributed by atoms with Crippen molar-refractivity contribution in [2.75, 3.05) is 12.4 Å². The van der Waals surface area contributed by atoms with Crippen LogP contribution in [0, 0.1) is 0 Å². The summed E-state index contributed by atoms with van der Waals surface area (Å²) in [5.74, 6) is 0.0342. The Morgan fingerprint density at radius 3 is 2.68 bits per heavy atom. The van der Waals surface area contributed by atoms with Gasteiger partial charge >= 0.3 is 0 Å². The first-order valence-corrected chi connectivity index (χ1v) is 6.15. The summed E-state index contributed by atoms with van der Waals surface area (Å²) in [5.41, 5.74) is 1.24. The lowest BCUT2D eigenvalue weighted by Gasteiger charge is -2.12. The summed E-state index contributed by atoms with van der Waals surface area (Å²) in [4.78, 5) is 16.1. The SMILES string of the molecule is COc1ncccc1NC(=O)C(Cl)c1ccccc1. The minimum Gasteiger partial charge on any atom is -0.480 e. The van der Waals surface area contributed by atoms with E-state index in [4.69, 9.17) is 16.3 Å². The predicted molar refractivity (Wildman–Crippen MR) is 74.5 cm³/mol. The third-order valence-corrected chi connectivity index (χ3v) is 2.99. The van der Waals surface area contributed by atoms with E-state index in [0.29, 0.717) is 11.6 Å². The molecule has 98 valence electrons. The Morgan fingerprint density at radius 1 is 1.26 bits per heavy atom. The van der Waals surface area contributed by atoms with Gasteiger partial charge in [-0.2, -0.15) is 0 Å². The van der Waals surface area contributed by atoms with Gasteiger partial charge in [-0.3, -0.25) is 4.79 Å². The molecule has 19 heavy (non-hydrogen) atoms. The summed E-state index contributed by atoms with van der Waals surface area (Å²) in [5, 5.41) is 1.94. The van der Waals surface area contributed by atoms with E-state index in [1.807, 2.05) is 18.2 Å². The number of benzene rings is 1. The number of ether oxygens (including phenoxy) is 1. The molecule has 5 heteroatoms. The van der Waals surface area contributed by atoms with Gasteiger partial charge in [0.05, 0.1) is 7.11 Å². The number of amides is 1. The number of halogens is 1. The molecular formula is C14H13ClN2O2. The van der Waals surface area contributed by atoms with Crippen molar-refractivity contribution in [3.8, 4) is 5.88 Å². The van der Waals surface area contributed by atoms with Crippen molar-refractivity contribution in [2.24, 2.45) is 0 Å². The van der Waals surface area contributed by atoms with Crippen LogP contribution in [0.5, 0.6) is 5.88 Å². The number of rotatable bonds is 4. The van der Waals surface area contributed by atoms with E-state index in [1.165, 1.54) is 7.11 Å². The maximum atomic E-state index is 12.1. The molecule has 0 radical (unpaired) electrons. The monoisotopic (exact) mass is 276 g/mol. The molecule has 0 bridgehead atoms. The van der Waals surface area contributed by atoms with E-state index in [2.05, 4.69) is 10.3 Å². The molecule has 0 aliphatic heterocycles. The molecular weight excluding hydrogens is 264 g/mol. The molecule has 1 aromatic heterocycles. The topological polar surface area (TPSA) is 51.2 Å². The van der Waals surface area contributed by atoms with Crippen LogP contribution in [0.3, 0.4) is 0 Å². The van der Waals surface area contributed by atoms with Crippen molar-refractivity contribution < 1.29 is 9.53 Å². The maximum Gasteiger partial charge on any atom is 0.247 e. The lowest BCUT2D eigenvalue weighted by molar-refractivity contribution is -0.116. The molecule has 0 saturated heterocycles. The van der Waals surface area contributed by atoms with Crippen molar-refractivity contribution in [2.45, 2.75) is 5.38 Å². The van der Waals surface area contributed by atoms with Gasteiger partial charge < -0.3 is 10.1 Å². The lowest BCUT2D eigenvalue weighted by Crippen LogP contribution is -2.18. The molecule has 4 nitrogen and oxygen atoms in total. The molecule has 0 aliphatic carbocycles. The van der Waals surface area contributed by atoms with Gasteiger partial charge in [0.25, 0.3) is 0 Å². The Kier molecular flexibility index (Phi) is 4.36. The summed E-state index contributed by atoms with van der Waals surface area (Å²) in [7, 11) is 1.49. The summed E-state index contributed by atoms with van der Waals surface area (Å²) in [6.07, 6.45) is 1.59. The Bertz CT molecular complexity index is 560. The summed E-state index contributed by atoms with van der Waals surface area (Å²) in [6.45, 7) is 0. The molecule has 0 spiro atoms. The van der Waals surface area contributed by atoms with Crippen LogP contribution in [0.1, 0.15) is 10.9 Å². The van der Waals surface area contributed by atoms with Crippen LogP contribution in [-0.2, 0) is 4.79 Å². The quantitative estimate of drug-likeness (QED) is 0.874. The molecule has 0 aliphatic rings. The number of nitrogens with zero attached hydrogens (tertiary/aromatic N) is 1. The number of nitrogens with one attached hydrogen (secondary N) is 1. The fourth-order valence-corrected chi connectivity index (χ4v) is 1.82. The highest BCUT2D eigenvalue weighted by Crippen LogP contribution is 2.25. The summed E-state index contributed by atoms with van der Waals surface area (Å²) < 4.78 is 5.06. The van der Waals surface area contributed by atoms with E-state index >= 15 is 0 Å². The van der Waals surface area contributed by atoms with Crippen molar-refractivity contribution in [1.29, 1.82) is 0 Å². The van der Waals surface area contributed by atoms with Crippen LogP contribution in [0.25, 0.3) is 0 Å². The molecule has 1 heterocycles. The number of alkyl halides is 1. The van der Waals surface area contributed by atoms with Crippen LogP contribution < -0.4 is 10.1 Å². The molecule has 2 aromatic rings. The third kappa shape index (κ3) is 3.23. The molecule has 1 amide bonds. The zero-order valence-corrected chi connectivity index (χ0v) is 11.1. The highest BCUT2D eigenvalue weighted by molar-refractivity contribution is 6.32. The molecule has 0 fully saturated rings. The van der Waals surface area contributed by atoms with Crippen molar-refractivity contribution in [3.05, 3.63) is 54.2 Å². The first kappa shape index (κ1) is 13.4. The van der Waals surface area contributed by atoms with Crippen LogP contribution in [0.2, 0.25) is 0 Å². The fourth-order valence-electron chi connectivity index (χ4n) is 1.62. The van der Waals surface area contributed by atoms with Crippen molar-refractivity contribution in [3.63, 3.8) is 0 Å². The van der Waals surface area contributed by atoms with Gasteiger partial charge in [0.1, 0.15) is 11.1 Å².